The van der Waals surface area contributed by atoms with Gasteiger partial charge >= 0.3 is 6.01 Å². The fourth-order valence-electron chi connectivity index (χ4n) is 1.57. The van der Waals surface area contributed by atoms with E-state index in [1.807, 2.05) is 24.3 Å². The molecule has 0 spiro atoms. The molecule has 1 aromatic heterocycles. The van der Waals surface area contributed by atoms with Crippen molar-refractivity contribution in [2.45, 2.75) is 19.8 Å². The highest BCUT2D eigenvalue weighted by molar-refractivity contribution is 5.92. The van der Waals surface area contributed by atoms with Crippen LogP contribution in [0, 0.1) is 5.41 Å². The van der Waals surface area contributed by atoms with E-state index < -0.39 is 0 Å². The SMILES string of the molecule is CC(C)c1ccc(Oc2nccc(C(=N)N)n2)cc1. The Balaban J connectivity index is 2.16. The molecule has 0 unspecified atom stereocenters. The number of hydrogen-bond donors (Lipinski definition) is 2. The number of nitrogens with zero attached hydrogens (tertiary/aromatic N) is 2. The summed E-state index contributed by atoms with van der Waals surface area (Å²) in [4.78, 5) is 8.03. The molecule has 0 amide bonds. The van der Waals surface area contributed by atoms with E-state index >= 15 is 0 Å². The summed E-state index contributed by atoms with van der Waals surface area (Å²) in [6.07, 6.45) is 1.52. The summed E-state index contributed by atoms with van der Waals surface area (Å²) >= 11 is 0. The number of amidine groups is 1. The van der Waals surface area contributed by atoms with Crippen LogP contribution in [-0.4, -0.2) is 15.8 Å². The van der Waals surface area contributed by atoms with E-state index in [1.165, 1.54) is 11.8 Å². The van der Waals surface area contributed by atoms with Crippen molar-refractivity contribution >= 4 is 5.84 Å². The number of hydrogen-bond acceptors (Lipinski definition) is 4. The van der Waals surface area contributed by atoms with Crippen molar-refractivity contribution in [3.05, 3.63) is 47.8 Å². The van der Waals surface area contributed by atoms with E-state index in [4.69, 9.17) is 15.9 Å². The van der Waals surface area contributed by atoms with Crippen LogP contribution in [0.1, 0.15) is 31.0 Å². The molecule has 2 rings (SSSR count). The fraction of sp³-hybridized carbons (Fsp3) is 0.214. The molecule has 2 aromatic rings. The molecule has 3 N–H and O–H groups in total. The number of aromatic nitrogens is 2. The van der Waals surface area contributed by atoms with Crippen LogP contribution in [0.25, 0.3) is 0 Å². The van der Waals surface area contributed by atoms with Gasteiger partial charge in [0.15, 0.2) is 0 Å². The van der Waals surface area contributed by atoms with Gasteiger partial charge in [-0.3, -0.25) is 5.41 Å². The fourth-order valence-corrected chi connectivity index (χ4v) is 1.57. The quantitative estimate of drug-likeness (QED) is 0.650. The van der Waals surface area contributed by atoms with Gasteiger partial charge in [-0.05, 0) is 29.7 Å². The molecule has 98 valence electrons. The molecule has 0 atom stereocenters. The Hall–Kier alpha value is -2.43. The van der Waals surface area contributed by atoms with Crippen molar-refractivity contribution in [2.24, 2.45) is 5.73 Å². The molecule has 5 nitrogen and oxygen atoms in total. The first-order valence-electron chi connectivity index (χ1n) is 6.01. The smallest absolute Gasteiger partial charge is 0.322 e. The molecule has 1 heterocycles. The van der Waals surface area contributed by atoms with Crippen LogP contribution in [-0.2, 0) is 0 Å². The topological polar surface area (TPSA) is 84.9 Å². The van der Waals surface area contributed by atoms with Crippen molar-refractivity contribution in [2.75, 3.05) is 0 Å². The number of ether oxygens (including phenoxy) is 1. The lowest BCUT2D eigenvalue weighted by Gasteiger charge is -2.07. The lowest BCUT2D eigenvalue weighted by molar-refractivity contribution is 0.441. The van der Waals surface area contributed by atoms with Gasteiger partial charge in [0, 0.05) is 6.20 Å². The summed E-state index contributed by atoms with van der Waals surface area (Å²) in [6, 6.07) is 9.52. The van der Waals surface area contributed by atoms with Crippen molar-refractivity contribution in [3.8, 4) is 11.8 Å². The van der Waals surface area contributed by atoms with Gasteiger partial charge in [0.2, 0.25) is 0 Å². The predicted octanol–water partition coefficient (Wildman–Crippen LogP) is 2.68. The maximum Gasteiger partial charge on any atom is 0.322 e. The molecular weight excluding hydrogens is 240 g/mol. The van der Waals surface area contributed by atoms with Crippen molar-refractivity contribution in [1.82, 2.24) is 9.97 Å². The summed E-state index contributed by atoms with van der Waals surface area (Å²) in [6.45, 7) is 4.27. The number of nitrogen functional groups attached to an aromatic ring is 1. The van der Waals surface area contributed by atoms with Gasteiger partial charge in [-0.15, -0.1) is 0 Å². The Kier molecular flexibility index (Phi) is 3.75. The number of nitrogens with one attached hydrogen (secondary N) is 1. The lowest BCUT2D eigenvalue weighted by Crippen LogP contribution is -2.13. The van der Waals surface area contributed by atoms with E-state index in [1.54, 1.807) is 6.07 Å². The Labute approximate surface area is 112 Å². The first-order valence-corrected chi connectivity index (χ1v) is 6.01. The van der Waals surface area contributed by atoms with Crippen LogP contribution in [0.5, 0.6) is 11.8 Å². The zero-order valence-corrected chi connectivity index (χ0v) is 10.9. The Morgan fingerprint density at radius 1 is 1.21 bits per heavy atom. The van der Waals surface area contributed by atoms with Gasteiger partial charge in [-0.2, -0.15) is 4.98 Å². The minimum absolute atomic E-state index is 0.109. The van der Waals surface area contributed by atoms with Crippen molar-refractivity contribution in [3.63, 3.8) is 0 Å². The zero-order chi connectivity index (χ0) is 13.8. The Morgan fingerprint density at radius 2 is 1.89 bits per heavy atom. The molecule has 1 aromatic carbocycles. The van der Waals surface area contributed by atoms with Crippen LogP contribution >= 0.6 is 0 Å². The van der Waals surface area contributed by atoms with Gasteiger partial charge in [0.25, 0.3) is 0 Å². The largest absolute Gasteiger partial charge is 0.424 e. The van der Waals surface area contributed by atoms with Crippen LogP contribution in [0.4, 0.5) is 0 Å². The summed E-state index contributed by atoms with van der Waals surface area (Å²) in [5.41, 5.74) is 6.96. The third kappa shape index (κ3) is 3.28. The number of nitrogens with two attached hydrogens (primary N) is 1. The second-order valence-electron chi connectivity index (χ2n) is 4.46. The van der Waals surface area contributed by atoms with E-state index in [2.05, 4.69) is 23.8 Å². The second kappa shape index (κ2) is 5.48. The van der Waals surface area contributed by atoms with Crippen LogP contribution in [0.3, 0.4) is 0 Å². The minimum Gasteiger partial charge on any atom is -0.424 e. The summed E-state index contributed by atoms with van der Waals surface area (Å²) < 4.78 is 5.53. The van der Waals surface area contributed by atoms with Crippen molar-refractivity contribution < 1.29 is 4.74 Å². The first kappa shape index (κ1) is 13.0. The third-order valence-electron chi connectivity index (χ3n) is 2.67. The Bertz CT molecular complexity index is 578. The first-order chi connectivity index (χ1) is 9.06. The molecule has 0 saturated carbocycles. The molecule has 0 fully saturated rings. The normalized spacial score (nSPS) is 10.5. The maximum atomic E-state index is 7.32. The molecule has 5 heteroatoms. The van der Waals surface area contributed by atoms with Gasteiger partial charge < -0.3 is 10.5 Å². The van der Waals surface area contributed by atoms with Crippen LogP contribution in [0.2, 0.25) is 0 Å². The average molecular weight is 256 g/mol. The predicted molar refractivity (Wildman–Crippen MR) is 73.7 cm³/mol. The molecule has 0 aliphatic carbocycles. The maximum absolute atomic E-state index is 7.32. The van der Waals surface area contributed by atoms with E-state index in [0.29, 0.717) is 17.4 Å². The van der Waals surface area contributed by atoms with Crippen LogP contribution in [0.15, 0.2) is 36.5 Å². The van der Waals surface area contributed by atoms with E-state index in [-0.39, 0.29) is 11.8 Å². The average Bonchev–Trinajstić information content (AvgIpc) is 2.39. The number of rotatable bonds is 4. The second-order valence-corrected chi connectivity index (χ2v) is 4.46. The van der Waals surface area contributed by atoms with Gasteiger partial charge in [0.1, 0.15) is 17.3 Å². The molecule has 0 radical (unpaired) electrons. The number of benzene rings is 1. The van der Waals surface area contributed by atoms with E-state index in [0.717, 1.165) is 0 Å². The standard InChI is InChI=1S/C14H16N4O/c1-9(2)10-3-5-11(6-4-10)19-14-17-8-7-12(18-14)13(15)16/h3-9H,1-2H3,(H3,15,16). The third-order valence-corrected chi connectivity index (χ3v) is 2.67. The van der Waals surface area contributed by atoms with Gasteiger partial charge in [-0.25, -0.2) is 4.98 Å². The minimum atomic E-state index is -0.109. The van der Waals surface area contributed by atoms with Gasteiger partial charge in [0.05, 0.1) is 0 Å². The molecule has 0 bridgehead atoms. The highest BCUT2D eigenvalue weighted by atomic mass is 16.5. The lowest BCUT2D eigenvalue weighted by atomic mass is 10.0. The summed E-state index contributed by atoms with van der Waals surface area (Å²) in [7, 11) is 0. The highest BCUT2D eigenvalue weighted by Crippen LogP contribution is 2.21. The van der Waals surface area contributed by atoms with Gasteiger partial charge in [-0.1, -0.05) is 26.0 Å². The molecular formula is C14H16N4O. The zero-order valence-electron chi connectivity index (χ0n) is 10.9. The molecule has 0 aliphatic rings. The monoisotopic (exact) mass is 256 g/mol. The van der Waals surface area contributed by atoms with E-state index in [9.17, 15) is 0 Å². The molecule has 19 heavy (non-hydrogen) atoms. The Morgan fingerprint density at radius 3 is 2.47 bits per heavy atom. The summed E-state index contributed by atoms with van der Waals surface area (Å²) in [5, 5.41) is 7.32. The molecule has 0 aliphatic heterocycles. The highest BCUT2D eigenvalue weighted by Gasteiger charge is 2.05. The van der Waals surface area contributed by atoms with Crippen LogP contribution < -0.4 is 10.5 Å². The summed E-state index contributed by atoms with van der Waals surface area (Å²) in [5.74, 6) is 1.03. The molecule has 0 saturated heterocycles. The van der Waals surface area contributed by atoms with Crippen molar-refractivity contribution in [1.29, 1.82) is 5.41 Å².